The van der Waals surface area contributed by atoms with Crippen molar-refractivity contribution in [3.05, 3.63) is 24.2 Å². The van der Waals surface area contributed by atoms with Crippen molar-refractivity contribution in [2.24, 2.45) is 0 Å². The van der Waals surface area contributed by atoms with E-state index in [4.69, 9.17) is 9.72 Å². The molecule has 1 saturated heterocycles. The Kier molecular flexibility index (Phi) is 5.02. The number of hydrogen-bond donors (Lipinski definition) is 1. The van der Waals surface area contributed by atoms with E-state index in [1.165, 1.54) is 0 Å². The molecule has 22 heavy (non-hydrogen) atoms. The van der Waals surface area contributed by atoms with Crippen molar-refractivity contribution in [2.45, 2.75) is 33.0 Å². The first-order valence-corrected chi connectivity index (χ1v) is 8.11. The number of piperazine rings is 1. The van der Waals surface area contributed by atoms with Crippen LogP contribution in [-0.4, -0.2) is 58.3 Å². The molecule has 2 aromatic rings. The Hall–Kier alpha value is -1.50. The first kappa shape index (κ1) is 15.4. The molecule has 3 rings (SSSR count). The number of rotatable bonds is 6. The summed E-state index contributed by atoms with van der Waals surface area (Å²) in [4.78, 5) is 11.8. The van der Waals surface area contributed by atoms with Crippen LogP contribution in [0.3, 0.4) is 0 Å². The molecule has 120 valence electrons. The van der Waals surface area contributed by atoms with Crippen molar-refractivity contribution in [3.8, 4) is 0 Å². The molecule has 1 N–H and O–H groups in total. The summed E-state index contributed by atoms with van der Waals surface area (Å²) in [6.07, 6.45) is 1.83. The summed E-state index contributed by atoms with van der Waals surface area (Å²) < 4.78 is 7.72. The van der Waals surface area contributed by atoms with Crippen LogP contribution in [0.5, 0.6) is 0 Å². The van der Waals surface area contributed by atoms with Crippen LogP contribution in [0.4, 0.5) is 0 Å². The second kappa shape index (κ2) is 7.17. The van der Waals surface area contributed by atoms with Crippen LogP contribution in [0.2, 0.25) is 0 Å². The van der Waals surface area contributed by atoms with Gasteiger partial charge in [0.05, 0.1) is 13.2 Å². The SMILES string of the molecule is CCOCCn1c(CN2CCNC(C)C2)nc2cccnc21. The monoisotopic (exact) mass is 303 g/mol. The Morgan fingerprint density at radius 2 is 2.36 bits per heavy atom. The van der Waals surface area contributed by atoms with Crippen molar-refractivity contribution in [1.82, 2.24) is 24.8 Å². The Morgan fingerprint density at radius 1 is 1.45 bits per heavy atom. The maximum atomic E-state index is 5.52. The summed E-state index contributed by atoms with van der Waals surface area (Å²) in [6, 6.07) is 4.51. The highest BCUT2D eigenvalue weighted by Crippen LogP contribution is 2.16. The lowest BCUT2D eigenvalue weighted by molar-refractivity contribution is 0.137. The van der Waals surface area contributed by atoms with Gasteiger partial charge in [-0.3, -0.25) is 4.90 Å². The fraction of sp³-hybridized carbons (Fsp3) is 0.625. The minimum Gasteiger partial charge on any atom is -0.380 e. The molecule has 0 bridgehead atoms. The Labute approximate surface area is 131 Å². The minimum atomic E-state index is 0.535. The standard InChI is InChI=1S/C16H25N5O/c1-3-22-10-9-21-15(12-20-8-7-17-13(2)11-20)19-14-5-4-6-18-16(14)21/h4-6,13,17H,3,7-12H2,1-2H3. The fourth-order valence-corrected chi connectivity index (χ4v) is 3.02. The average molecular weight is 303 g/mol. The third-order valence-corrected chi connectivity index (χ3v) is 4.06. The number of pyridine rings is 1. The number of aromatic nitrogens is 3. The van der Waals surface area contributed by atoms with Crippen LogP contribution < -0.4 is 5.32 Å². The molecule has 0 spiro atoms. The summed E-state index contributed by atoms with van der Waals surface area (Å²) in [5.41, 5.74) is 1.93. The van der Waals surface area contributed by atoms with E-state index < -0.39 is 0 Å². The highest BCUT2D eigenvalue weighted by Gasteiger charge is 2.19. The lowest BCUT2D eigenvalue weighted by Gasteiger charge is -2.31. The van der Waals surface area contributed by atoms with E-state index in [0.717, 1.165) is 56.3 Å². The number of hydrogen-bond acceptors (Lipinski definition) is 5. The second-order valence-corrected chi connectivity index (χ2v) is 5.81. The van der Waals surface area contributed by atoms with Gasteiger partial charge in [-0.1, -0.05) is 0 Å². The predicted molar refractivity (Wildman–Crippen MR) is 86.8 cm³/mol. The minimum absolute atomic E-state index is 0.535. The Bertz CT molecular complexity index is 612. The molecule has 3 heterocycles. The quantitative estimate of drug-likeness (QED) is 0.814. The lowest BCUT2D eigenvalue weighted by atomic mass is 10.2. The van der Waals surface area contributed by atoms with Crippen molar-refractivity contribution in [3.63, 3.8) is 0 Å². The van der Waals surface area contributed by atoms with Gasteiger partial charge in [0.25, 0.3) is 0 Å². The van der Waals surface area contributed by atoms with Gasteiger partial charge in [0.1, 0.15) is 11.3 Å². The second-order valence-electron chi connectivity index (χ2n) is 5.81. The number of nitrogens with zero attached hydrogens (tertiary/aromatic N) is 4. The molecule has 6 heteroatoms. The number of fused-ring (bicyclic) bond motifs is 1. The molecule has 1 fully saturated rings. The van der Waals surface area contributed by atoms with E-state index in [9.17, 15) is 0 Å². The number of ether oxygens (including phenoxy) is 1. The molecule has 1 unspecified atom stereocenters. The van der Waals surface area contributed by atoms with Gasteiger partial charge >= 0.3 is 0 Å². The van der Waals surface area contributed by atoms with E-state index in [2.05, 4.69) is 26.7 Å². The van der Waals surface area contributed by atoms with Gasteiger partial charge in [0, 0.05) is 45.0 Å². The molecule has 0 saturated carbocycles. The average Bonchev–Trinajstić information content (AvgIpc) is 2.85. The molecular formula is C16H25N5O. The maximum absolute atomic E-state index is 5.52. The third kappa shape index (κ3) is 3.45. The zero-order chi connectivity index (χ0) is 15.4. The van der Waals surface area contributed by atoms with Crippen LogP contribution in [0.15, 0.2) is 18.3 Å². The highest BCUT2D eigenvalue weighted by molar-refractivity contribution is 5.71. The molecule has 0 radical (unpaired) electrons. The molecule has 0 aromatic carbocycles. The largest absolute Gasteiger partial charge is 0.380 e. The molecule has 2 aromatic heterocycles. The molecule has 1 atom stereocenters. The van der Waals surface area contributed by atoms with Crippen molar-refractivity contribution in [2.75, 3.05) is 32.8 Å². The van der Waals surface area contributed by atoms with Crippen molar-refractivity contribution < 1.29 is 4.74 Å². The van der Waals surface area contributed by atoms with Gasteiger partial charge in [0.2, 0.25) is 0 Å². The van der Waals surface area contributed by atoms with Crippen LogP contribution in [-0.2, 0) is 17.8 Å². The van der Waals surface area contributed by atoms with Crippen LogP contribution in [0.1, 0.15) is 19.7 Å². The molecular weight excluding hydrogens is 278 g/mol. The maximum Gasteiger partial charge on any atom is 0.160 e. The van der Waals surface area contributed by atoms with Crippen LogP contribution in [0, 0.1) is 0 Å². The van der Waals surface area contributed by atoms with E-state index in [1.807, 2.05) is 25.3 Å². The molecule has 0 amide bonds. The van der Waals surface area contributed by atoms with Crippen molar-refractivity contribution >= 4 is 11.2 Å². The Morgan fingerprint density at radius 3 is 3.18 bits per heavy atom. The summed E-state index contributed by atoms with van der Waals surface area (Å²) in [5.74, 6) is 1.09. The summed E-state index contributed by atoms with van der Waals surface area (Å²) in [5, 5.41) is 3.48. The van der Waals surface area contributed by atoms with Gasteiger partial charge in [-0.2, -0.15) is 0 Å². The van der Waals surface area contributed by atoms with Gasteiger partial charge < -0.3 is 14.6 Å². The van der Waals surface area contributed by atoms with Crippen LogP contribution in [0.25, 0.3) is 11.2 Å². The summed E-state index contributed by atoms with van der Waals surface area (Å²) in [7, 11) is 0. The fourth-order valence-electron chi connectivity index (χ4n) is 3.02. The van der Waals surface area contributed by atoms with E-state index in [1.54, 1.807) is 0 Å². The normalized spacial score (nSPS) is 19.8. The van der Waals surface area contributed by atoms with Gasteiger partial charge in [-0.25, -0.2) is 9.97 Å². The summed E-state index contributed by atoms with van der Waals surface area (Å²) >= 11 is 0. The van der Waals surface area contributed by atoms with Crippen LogP contribution >= 0.6 is 0 Å². The van der Waals surface area contributed by atoms with Gasteiger partial charge in [-0.05, 0) is 26.0 Å². The van der Waals surface area contributed by atoms with E-state index in [-0.39, 0.29) is 0 Å². The lowest BCUT2D eigenvalue weighted by Crippen LogP contribution is -2.48. The molecule has 0 aliphatic carbocycles. The number of nitrogens with one attached hydrogen (secondary N) is 1. The predicted octanol–water partition coefficient (Wildman–Crippen LogP) is 1.26. The molecule has 1 aliphatic rings. The third-order valence-electron chi connectivity index (χ3n) is 4.06. The zero-order valence-electron chi connectivity index (χ0n) is 13.5. The van der Waals surface area contributed by atoms with Crippen molar-refractivity contribution in [1.29, 1.82) is 0 Å². The topological polar surface area (TPSA) is 55.2 Å². The van der Waals surface area contributed by atoms with E-state index >= 15 is 0 Å². The molecule has 6 nitrogen and oxygen atoms in total. The van der Waals surface area contributed by atoms with Gasteiger partial charge in [0.15, 0.2) is 5.65 Å². The molecule has 1 aliphatic heterocycles. The number of imidazole rings is 1. The smallest absolute Gasteiger partial charge is 0.160 e. The van der Waals surface area contributed by atoms with Gasteiger partial charge in [-0.15, -0.1) is 0 Å². The van der Waals surface area contributed by atoms with E-state index in [0.29, 0.717) is 12.6 Å². The first-order chi connectivity index (χ1) is 10.8. The zero-order valence-corrected chi connectivity index (χ0v) is 13.5. The first-order valence-electron chi connectivity index (χ1n) is 8.11. The summed E-state index contributed by atoms with van der Waals surface area (Å²) in [6.45, 7) is 10.5. The Balaban J connectivity index is 1.81. The highest BCUT2D eigenvalue weighted by atomic mass is 16.5.